The summed E-state index contributed by atoms with van der Waals surface area (Å²) >= 11 is 18.0. The van der Waals surface area contributed by atoms with Crippen LogP contribution in [0.25, 0.3) is 0 Å². The van der Waals surface area contributed by atoms with Crippen LogP contribution in [0.2, 0.25) is 15.1 Å². The molecule has 1 atom stereocenters. The molecule has 136 valence electrons. The molecule has 5 nitrogen and oxygen atoms in total. The Balaban J connectivity index is 1.72. The maximum Gasteiger partial charge on any atom is 0.325 e. The quantitative estimate of drug-likeness (QED) is 0.735. The van der Waals surface area contributed by atoms with Crippen LogP contribution in [0.4, 0.5) is 4.79 Å². The monoisotopic (exact) mass is 412 g/mol. The smallest absolute Gasteiger partial charge is 0.325 e. The topological polar surface area (TPSA) is 58.6 Å². The molecule has 8 heteroatoms. The molecule has 1 aliphatic rings. The summed E-state index contributed by atoms with van der Waals surface area (Å²) in [5.41, 5.74) is -0.657. The number of rotatable bonds is 5. The van der Waals surface area contributed by atoms with Crippen molar-refractivity contribution in [2.45, 2.75) is 12.5 Å². The molecule has 0 spiro atoms. The molecule has 1 unspecified atom stereocenters. The molecular formula is C18H15Cl3N2O3. The van der Waals surface area contributed by atoms with Gasteiger partial charge in [0.15, 0.2) is 0 Å². The van der Waals surface area contributed by atoms with E-state index in [-0.39, 0.29) is 19.1 Å². The lowest BCUT2D eigenvalue weighted by atomic mass is 9.92. The van der Waals surface area contributed by atoms with E-state index in [0.29, 0.717) is 26.4 Å². The summed E-state index contributed by atoms with van der Waals surface area (Å²) < 4.78 is 5.56. The number of nitrogens with zero attached hydrogens (tertiary/aromatic N) is 1. The normalized spacial score (nSPS) is 19.6. The molecule has 1 N–H and O–H groups in total. The molecule has 0 radical (unpaired) electrons. The van der Waals surface area contributed by atoms with Crippen molar-refractivity contribution in [2.24, 2.45) is 0 Å². The van der Waals surface area contributed by atoms with Gasteiger partial charge < -0.3 is 10.1 Å². The number of ether oxygens (including phenoxy) is 1. The Morgan fingerprint density at radius 2 is 1.77 bits per heavy atom. The van der Waals surface area contributed by atoms with Crippen molar-refractivity contribution in [1.29, 1.82) is 0 Å². The van der Waals surface area contributed by atoms with Gasteiger partial charge in [-0.15, -0.1) is 0 Å². The zero-order valence-corrected chi connectivity index (χ0v) is 16.0. The second-order valence-electron chi connectivity index (χ2n) is 5.92. The van der Waals surface area contributed by atoms with Crippen molar-refractivity contribution in [3.05, 3.63) is 63.1 Å². The molecule has 26 heavy (non-hydrogen) atoms. The molecule has 1 saturated heterocycles. The van der Waals surface area contributed by atoms with Crippen LogP contribution in [-0.2, 0) is 10.3 Å². The Hall–Kier alpha value is -1.95. The molecule has 0 saturated carbocycles. The van der Waals surface area contributed by atoms with Crippen molar-refractivity contribution in [1.82, 2.24) is 10.2 Å². The average molecular weight is 414 g/mol. The van der Waals surface area contributed by atoms with E-state index in [2.05, 4.69) is 5.32 Å². The second-order valence-corrected chi connectivity index (χ2v) is 7.14. The molecule has 2 aromatic carbocycles. The summed E-state index contributed by atoms with van der Waals surface area (Å²) in [6.45, 7) is 1.84. The van der Waals surface area contributed by atoms with Crippen LogP contribution >= 0.6 is 34.8 Å². The Morgan fingerprint density at radius 3 is 2.46 bits per heavy atom. The number of hydrogen-bond acceptors (Lipinski definition) is 3. The summed E-state index contributed by atoms with van der Waals surface area (Å²) in [5, 5.41) is 3.86. The summed E-state index contributed by atoms with van der Waals surface area (Å²) in [5.74, 6) is 0.108. The largest absolute Gasteiger partial charge is 0.490 e. The minimum absolute atomic E-state index is 0.0901. The van der Waals surface area contributed by atoms with Crippen molar-refractivity contribution in [3.63, 3.8) is 0 Å². The first-order chi connectivity index (χ1) is 12.3. The first-order valence-electron chi connectivity index (χ1n) is 7.80. The molecular weight excluding hydrogens is 399 g/mol. The molecule has 1 fully saturated rings. The third kappa shape index (κ3) is 3.47. The lowest BCUT2D eigenvalue weighted by Gasteiger charge is -2.22. The summed E-state index contributed by atoms with van der Waals surface area (Å²) in [4.78, 5) is 26.2. The predicted molar refractivity (Wildman–Crippen MR) is 101 cm³/mol. The molecule has 0 bridgehead atoms. The summed E-state index contributed by atoms with van der Waals surface area (Å²) in [6.07, 6.45) is 0. The van der Waals surface area contributed by atoms with E-state index in [1.165, 1.54) is 0 Å². The minimum atomic E-state index is -1.21. The highest BCUT2D eigenvalue weighted by atomic mass is 35.5. The molecule has 0 aromatic heterocycles. The highest BCUT2D eigenvalue weighted by Crippen LogP contribution is 2.33. The number of halogens is 3. The standard InChI is InChI=1S/C18H15Cl3N2O3/c1-18(11-6-7-12(19)14(21)10-11)16(24)23(17(25)22-18)8-9-26-15-5-3-2-4-13(15)20/h2-7,10H,8-9H2,1H3,(H,22,25). The number of carbonyl (C=O) groups is 2. The molecule has 3 amide bonds. The van der Waals surface area contributed by atoms with E-state index in [0.717, 1.165) is 4.90 Å². The fourth-order valence-electron chi connectivity index (χ4n) is 2.71. The molecule has 0 aliphatic carbocycles. The number of para-hydroxylation sites is 1. The second kappa shape index (κ2) is 7.35. The predicted octanol–water partition coefficient (Wildman–Crippen LogP) is 4.49. The first kappa shape index (κ1) is 18.8. The van der Waals surface area contributed by atoms with Gasteiger partial charge in [0.05, 0.1) is 21.6 Å². The summed E-state index contributed by atoms with van der Waals surface area (Å²) in [7, 11) is 0. The maximum atomic E-state index is 12.8. The number of urea groups is 1. The van der Waals surface area contributed by atoms with Crippen molar-refractivity contribution in [2.75, 3.05) is 13.2 Å². The highest BCUT2D eigenvalue weighted by molar-refractivity contribution is 6.42. The van der Waals surface area contributed by atoms with E-state index in [1.807, 2.05) is 0 Å². The third-order valence-electron chi connectivity index (χ3n) is 4.18. The fraction of sp³-hybridized carbons (Fsp3) is 0.222. The molecule has 3 rings (SSSR count). The summed E-state index contributed by atoms with van der Waals surface area (Å²) in [6, 6.07) is 11.3. The maximum absolute atomic E-state index is 12.8. The van der Waals surface area contributed by atoms with Crippen LogP contribution in [0.3, 0.4) is 0 Å². The number of hydrogen-bond donors (Lipinski definition) is 1. The van der Waals surface area contributed by atoms with Gasteiger partial charge in [0.25, 0.3) is 5.91 Å². The number of benzene rings is 2. The van der Waals surface area contributed by atoms with Crippen LogP contribution in [0.1, 0.15) is 12.5 Å². The van der Waals surface area contributed by atoms with Crippen LogP contribution in [-0.4, -0.2) is 30.0 Å². The van der Waals surface area contributed by atoms with Crippen molar-refractivity contribution < 1.29 is 14.3 Å². The van der Waals surface area contributed by atoms with Gasteiger partial charge in [0, 0.05) is 0 Å². The molecule has 2 aromatic rings. The van der Waals surface area contributed by atoms with E-state index in [9.17, 15) is 9.59 Å². The Labute approximate surface area is 165 Å². The van der Waals surface area contributed by atoms with E-state index < -0.39 is 11.6 Å². The number of amides is 3. The van der Waals surface area contributed by atoms with Crippen LogP contribution in [0.5, 0.6) is 5.75 Å². The Bertz CT molecular complexity index is 875. The lowest BCUT2D eigenvalue weighted by Crippen LogP contribution is -2.41. The minimum Gasteiger partial charge on any atom is -0.490 e. The molecule has 1 aliphatic heterocycles. The van der Waals surface area contributed by atoms with Crippen molar-refractivity contribution >= 4 is 46.7 Å². The Morgan fingerprint density at radius 1 is 1.04 bits per heavy atom. The third-order valence-corrected chi connectivity index (χ3v) is 5.23. The average Bonchev–Trinajstić information content (AvgIpc) is 2.83. The van der Waals surface area contributed by atoms with Gasteiger partial charge >= 0.3 is 6.03 Å². The van der Waals surface area contributed by atoms with E-state index in [4.69, 9.17) is 39.5 Å². The van der Waals surface area contributed by atoms with Gasteiger partial charge in [-0.1, -0.05) is 53.0 Å². The van der Waals surface area contributed by atoms with Gasteiger partial charge in [0.1, 0.15) is 17.9 Å². The van der Waals surface area contributed by atoms with E-state index in [1.54, 1.807) is 49.4 Å². The van der Waals surface area contributed by atoms with Crippen LogP contribution < -0.4 is 10.1 Å². The zero-order valence-electron chi connectivity index (χ0n) is 13.8. The lowest BCUT2D eigenvalue weighted by molar-refractivity contribution is -0.131. The number of nitrogens with one attached hydrogen (secondary N) is 1. The molecule has 1 heterocycles. The van der Waals surface area contributed by atoms with Gasteiger partial charge in [-0.25, -0.2) is 4.79 Å². The number of imide groups is 1. The fourth-order valence-corrected chi connectivity index (χ4v) is 3.20. The Kier molecular flexibility index (Phi) is 5.32. The van der Waals surface area contributed by atoms with E-state index >= 15 is 0 Å². The van der Waals surface area contributed by atoms with Gasteiger partial charge in [-0.3, -0.25) is 9.69 Å². The van der Waals surface area contributed by atoms with Gasteiger partial charge in [0.2, 0.25) is 0 Å². The van der Waals surface area contributed by atoms with Crippen LogP contribution in [0, 0.1) is 0 Å². The SMILES string of the molecule is CC1(c2ccc(Cl)c(Cl)c2)NC(=O)N(CCOc2ccccc2Cl)C1=O. The van der Waals surface area contributed by atoms with Gasteiger partial charge in [-0.05, 0) is 36.8 Å². The highest BCUT2D eigenvalue weighted by Gasteiger charge is 2.48. The first-order valence-corrected chi connectivity index (χ1v) is 8.93. The van der Waals surface area contributed by atoms with Crippen LogP contribution in [0.15, 0.2) is 42.5 Å². The van der Waals surface area contributed by atoms with Crippen molar-refractivity contribution in [3.8, 4) is 5.75 Å². The zero-order chi connectivity index (χ0) is 18.9. The van der Waals surface area contributed by atoms with Gasteiger partial charge in [-0.2, -0.15) is 0 Å². The number of carbonyl (C=O) groups excluding carboxylic acids is 2.